The summed E-state index contributed by atoms with van der Waals surface area (Å²) < 4.78 is 29.1. The molecule has 0 radical (unpaired) electrons. The average Bonchev–Trinajstić information content (AvgIpc) is 3.00. The van der Waals surface area contributed by atoms with Gasteiger partial charge in [0.25, 0.3) is 10.0 Å². The van der Waals surface area contributed by atoms with Crippen LogP contribution in [0, 0.1) is 6.92 Å². The number of benzene rings is 3. The van der Waals surface area contributed by atoms with Crippen LogP contribution >= 0.6 is 23.2 Å². The maximum atomic E-state index is 14.2. The number of hydrogen-bond donors (Lipinski definition) is 1. The van der Waals surface area contributed by atoms with Gasteiger partial charge in [0.05, 0.1) is 20.6 Å². The van der Waals surface area contributed by atoms with E-state index in [1.54, 1.807) is 12.1 Å². The van der Waals surface area contributed by atoms with Gasteiger partial charge in [-0.1, -0.05) is 97.4 Å². The van der Waals surface area contributed by atoms with Crippen molar-refractivity contribution in [1.29, 1.82) is 0 Å². The zero-order chi connectivity index (χ0) is 31.0. The van der Waals surface area contributed by atoms with Crippen molar-refractivity contribution in [2.24, 2.45) is 0 Å². The Hall–Kier alpha value is -3.07. The minimum Gasteiger partial charge on any atom is -0.352 e. The second kappa shape index (κ2) is 15.1. The molecule has 0 bridgehead atoms. The highest BCUT2D eigenvalue weighted by atomic mass is 35.5. The second-order valence-corrected chi connectivity index (χ2v) is 13.7. The molecule has 230 valence electrons. The molecule has 0 unspecified atom stereocenters. The van der Waals surface area contributed by atoms with Gasteiger partial charge >= 0.3 is 0 Å². The lowest BCUT2D eigenvalue weighted by Crippen LogP contribution is -2.54. The van der Waals surface area contributed by atoms with E-state index in [4.69, 9.17) is 23.2 Å². The van der Waals surface area contributed by atoms with Gasteiger partial charge in [0, 0.05) is 12.6 Å². The van der Waals surface area contributed by atoms with Crippen molar-refractivity contribution in [3.8, 4) is 0 Å². The van der Waals surface area contributed by atoms with E-state index in [0.717, 1.165) is 47.5 Å². The van der Waals surface area contributed by atoms with Gasteiger partial charge in [0.2, 0.25) is 11.8 Å². The zero-order valence-corrected chi connectivity index (χ0v) is 27.0. The standard InChI is InChI=1S/C33H39Cl2N3O4S/c1-3-31(33(40)36-26-12-8-5-9-13-26)37(21-20-25-10-6-4-7-11-25)32(39)23-38(27-16-19-29(34)30(35)22-27)43(41,42)28-17-14-24(2)15-18-28/h4,6-7,10-11,14-19,22,26,31H,3,5,8-9,12-13,20-21,23H2,1-2H3,(H,36,40)/t31-/m1/s1. The molecule has 0 saturated heterocycles. The van der Waals surface area contributed by atoms with Gasteiger partial charge in [-0.2, -0.15) is 0 Å². The minimum absolute atomic E-state index is 0.0369. The summed E-state index contributed by atoms with van der Waals surface area (Å²) in [6, 6.07) is 19.9. The minimum atomic E-state index is -4.19. The summed E-state index contributed by atoms with van der Waals surface area (Å²) in [6.45, 7) is 3.47. The summed E-state index contributed by atoms with van der Waals surface area (Å²) in [6.07, 6.45) is 6.01. The van der Waals surface area contributed by atoms with Crippen molar-refractivity contribution in [3.63, 3.8) is 0 Å². The Labute approximate surface area is 265 Å². The molecule has 2 amide bonds. The molecule has 1 saturated carbocycles. The number of nitrogens with zero attached hydrogens (tertiary/aromatic N) is 2. The van der Waals surface area contributed by atoms with E-state index in [1.807, 2.05) is 44.2 Å². The fourth-order valence-corrected chi connectivity index (χ4v) is 7.14. The fourth-order valence-electron chi connectivity index (χ4n) is 5.45. The van der Waals surface area contributed by atoms with Crippen LogP contribution in [0.5, 0.6) is 0 Å². The first-order valence-electron chi connectivity index (χ1n) is 14.8. The highest BCUT2D eigenvalue weighted by Gasteiger charge is 2.34. The molecule has 10 heteroatoms. The number of rotatable bonds is 12. The number of sulfonamides is 1. The lowest BCUT2D eigenvalue weighted by Gasteiger charge is -2.34. The molecular weight excluding hydrogens is 605 g/mol. The SMILES string of the molecule is CC[C@H](C(=O)NC1CCCCC1)N(CCc1ccccc1)C(=O)CN(c1ccc(Cl)c(Cl)c1)S(=O)(=O)c1ccc(C)cc1. The van der Waals surface area contributed by atoms with Crippen LogP contribution in [-0.4, -0.2) is 50.3 Å². The van der Waals surface area contributed by atoms with E-state index in [0.29, 0.717) is 12.8 Å². The molecule has 1 N–H and O–H groups in total. The molecule has 3 aromatic carbocycles. The molecule has 0 spiro atoms. The normalized spacial score (nSPS) is 14.6. The van der Waals surface area contributed by atoms with Crippen LogP contribution in [0.4, 0.5) is 5.69 Å². The average molecular weight is 645 g/mol. The van der Waals surface area contributed by atoms with Gasteiger partial charge in [-0.15, -0.1) is 0 Å². The summed E-state index contributed by atoms with van der Waals surface area (Å²) in [4.78, 5) is 29.4. The Bertz CT molecular complexity index is 1490. The monoisotopic (exact) mass is 643 g/mol. The molecule has 0 heterocycles. The molecule has 43 heavy (non-hydrogen) atoms. The highest BCUT2D eigenvalue weighted by molar-refractivity contribution is 7.92. The number of carbonyl (C=O) groups excluding carboxylic acids is 2. The van der Waals surface area contributed by atoms with Crippen molar-refractivity contribution in [1.82, 2.24) is 10.2 Å². The van der Waals surface area contributed by atoms with Gasteiger partial charge in [-0.3, -0.25) is 13.9 Å². The third kappa shape index (κ3) is 8.52. The van der Waals surface area contributed by atoms with Crippen LogP contribution in [0.1, 0.15) is 56.6 Å². The molecular formula is C33H39Cl2N3O4S. The van der Waals surface area contributed by atoms with Crippen molar-refractivity contribution in [2.75, 3.05) is 17.4 Å². The molecule has 1 aliphatic carbocycles. The third-order valence-corrected chi connectivity index (χ3v) is 10.4. The maximum absolute atomic E-state index is 14.2. The predicted molar refractivity (Wildman–Crippen MR) is 173 cm³/mol. The number of amides is 2. The van der Waals surface area contributed by atoms with Gasteiger partial charge in [-0.25, -0.2) is 8.42 Å². The number of nitrogens with one attached hydrogen (secondary N) is 1. The van der Waals surface area contributed by atoms with E-state index < -0.39 is 28.5 Å². The highest BCUT2D eigenvalue weighted by Crippen LogP contribution is 2.31. The maximum Gasteiger partial charge on any atom is 0.264 e. The Morgan fingerprint density at radius 1 is 0.930 bits per heavy atom. The summed E-state index contributed by atoms with van der Waals surface area (Å²) in [5, 5.41) is 3.59. The van der Waals surface area contributed by atoms with Crippen LogP contribution in [0.25, 0.3) is 0 Å². The third-order valence-electron chi connectivity index (χ3n) is 7.90. The number of anilines is 1. The van der Waals surface area contributed by atoms with E-state index in [2.05, 4.69) is 5.32 Å². The Kier molecular flexibility index (Phi) is 11.5. The van der Waals surface area contributed by atoms with E-state index in [9.17, 15) is 18.0 Å². The first-order valence-corrected chi connectivity index (χ1v) is 17.0. The summed E-state index contributed by atoms with van der Waals surface area (Å²) in [5.41, 5.74) is 2.11. The topological polar surface area (TPSA) is 86.8 Å². The quantitative estimate of drug-likeness (QED) is 0.235. The Balaban J connectivity index is 1.68. The first-order chi connectivity index (χ1) is 20.6. The van der Waals surface area contributed by atoms with Crippen LogP contribution < -0.4 is 9.62 Å². The summed E-state index contributed by atoms with van der Waals surface area (Å²) in [5.74, 6) is -0.693. The zero-order valence-electron chi connectivity index (χ0n) is 24.6. The van der Waals surface area contributed by atoms with Crippen molar-refractivity contribution < 1.29 is 18.0 Å². The lowest BCUT2D eigenvalue weighted by molar-refractivity contribution is -0.140. The second-order valence-electron chi connectivity index (χ2n) is 11.0. The van der Waals surface area contributed by atoms with Crippen molar-refractivity contribution >= 4 is 50.7 Å². The molecule has 1 fully saturated rings. The van der Waals surface area contributed by atoms with E-state index in [1.165, 1.54) is 35.2 Å². The van der Waals surface area contributed by atoms with Crippen LogP contribution in [0.15, 0.2) is 77.7 Å². The molecule has 4 rings (SSSR count). The van der Waals surface area contributed by atoms with Crippen LogP contribution in [0.2, 0.25) is 10.0 Å². The molecule has 0 aliphatic heterocycles. The van der Waals surface area contributed by atoms with E-state index >= 15 is 0 Å². The van der Waals surface area contributed by atoms with Crippen molar-refractivity contribution in [3.05, 3.63) is 94.0 Å². The smallest absolute Gasteiger partial charge is 0.264 e. The number of aryl methyl sites for hydroxylation is 1. The van der Waals surface area contributed by atoms with Gasteiger partial charge in [-0.05, 0) is 68.5 Å². The predicted octanol–water partition coefficient (Wildman–Crippen LogP) is 6.80. The van der Waals surface area contributed by atoms with E-state index in [-0.39, 0.29) is 39.1 Å². The summed E-state index contributed by atoms with van der Waals surface area (Å²) in [7, 11) is -4.19. The fraction of sp³-hybridized carbons (Fsp3) is 0.394. The molecule has 3 aromatic rings. The molecule has 1 aliphatic rings. The summed E-state index contributed by atoms with van der Waals surface area (Å²) >= 11 is 12.4. The number of hydrogen-bond acceptors (Lipinski definition) is 4. The molecule has 7 nitrogen and oxygen atoms in total. The van der Waals surface area contributed by atoms with Crippen LogP contribution in [0.3, 0.4) is 0 Å². The van der Waals surface area contributed by atoms with Gasteiger partial charge in [0.15, 0.2) is 0 Å². The lowest BCUT2D eigenvalue weighted by atomic mass is 9.95. The first kappa shape index (κ1) is 32.8. The van der Waals surface area contributed by atoms with Crippen molar-refractivity contribution in [2.45, 2.75) is 75.8 Å². The number of carbonyl (C=O) groups is 2. The molecule has 1 atom stereocenters. The van der Waals surface area contributed by atoms with Gasteiger partial charge in [0.1, 0.15) is 12.6 Å². The van der Waals surface area contributed by atoms with Gasteiger partial charge < -0.3 is 10.2 Å². The Morgan fingerprint density at radius 2 is 1.60 bits per heavy atom. The largest absolute Gasteiger partial charge is 0.352 e. The molecule has 0 aromatic heterocycles. The Morgan fingerprint density at radius 3 is 2.23 bits per heavy atom. The van der Waals surface area contributed by atoms with Crippen LogP contribution in [-0.2, 0) is 26.0 Å². The number of halogens is 2.